The predicted octanol–water partition coefficient (Wildman–Crippen LogP) is 6.75. The minimum absolute atomic E-state index is 0.0677. The maximum atomic E-state index is 13.2. The van der Waals surface area contributed by atoms with Gasteiger partial charge in [0.15, 0.2) is 21.8 Å². The molecule has 4 aromatic rings. The summed E-state index contributed by atoms with van der Waals surface area (Å²) in [4.78, 5) is 26.2. The van der Waals surface area contributed by atoms with E-state index in [9.17, 15) is 19.8 Å². The number of nitrogens with one attached hydrogen (secondary N) is 4. The molecule has 2 atom stereocenters. The first-order valence-electron chi connectivity index (χ1n) is 15.1. The Morgan fingerprint density at radius 3 is 1.57 bits per heavy atom. The second kappa shape index (κ2) is 15.6. The minimum Gasteiger partial charge on any atom is -0.508 e. The lowest BCUT2D eigenvalue weighted by atomic mass is 9.89. The van der Waals surface area contributed by atoms with Gasteiger partial charge in [-0.25, -0.2) is 0 Å². The largest absolute Gasteiger partial charge is 0.508 e. The molecule has 4 aromatic carbocycles. The Morgan fingerprint density at radius 1 is 0.673 bits per heavy atom. The van der Waals surface area contributed by atoms with Crippen molar-refractivity contribution in [2.75, 3.05) is 7.11 Å². The van der Waals surface area contributed by atoms with Gasteiger partial charge in [0.1, 0.15) is 17.2 Å². The fraction of sp³-hybridized carbons (Fsp3) is 0.135. The summed E-state index contributed by atoms with van der Waals surface area (Å²) >= 11 is 12.7. The van der Waals surface area contributed by atoms with Gasteiger partial charge >= 0.3 is 0 Å². The zero-order valence-electron chi connectivity index (χ0n) is 26.7. The number of hydrogen-bond acceptors (Lipinski definition) is 7. The van der Waals surface area contributed by atoms with Crippen LogP contribution in [0.1, 0.15) is 57.8 Å². The zero-order chi connectivity index (χ0) is 35.2. The number of carbonyl (C=O) groups excluding carboxylic acids is 2. The molecule has 0 radical (unpaired) electrons. The molecule has 0 spiro atoms. The molecule has 0 bridgehead atoms. The maximum Gasteiger partial charge on any atom is 0.193 e. The Hall–Kier alpha value is -4.79. The molecule has 0 saturated heterocycles. The fourth-order valence-electron chi connectivity index (χ4n) is 5.60. The van der Waals surface area contributed by atoms with Gasteiger partial charge in [-0.1, -0.05) is 48.5 Å². The zero-order valence-corrected chi connectivity index (χ0v) is 30.5. The van der Waals surface area contributed by atoms with Crippen LogP contribution in [-0.4, -0.2) is 39.1 Å². The topological polar surface area (TPSA) is 132 Å². The number of aromatic hydroxyl groups is 2. The number of rotatable bonds is 7. The Balaban J connectivity index is 0.000000191. The third kappa shape index (κ3) is 8.45. The molecule has 0 saturated carbocycles. The van der Waals surface area contributed by atoms with Gasteiger partial charge in [-0.3, -0.25) is 9.59 Å². The SMILES string of the molecule is CC1=C(C(=O)c2cccc(I)c2)C(c2cccc(O)c2)NC(=S)N1.COc1cccc(C(=O)C2=C(C)NC(=S)NC2c2cccc(O)c2)c1. The van der Waals surface area contributed by atoms with Crippen molar-refractivity contribution in [3.8, 4) is 17.2 Å². The maximum absolute atomic E-state index is 13.2. The highest BCUT2D eigenvalue weighted by Crippen LogP contribution is 2.33. The molecule has 250 valence electrons. The molecule has 2 aliphatic rings. The number of benzene rings is 4. The minimum atomic E-state index is -0.445. The number of ketones is 2. The van der Waals surface area contributed by atoms with Crippen molar-refractivity contribution in [3.63, 3.8) is 0 Å². The first-order chi connectivity index (χ1) is 23.4. The van der Waals surface area contributed by atoms with E-state index in [1.807, 2.05) is 44.2 Å². The van der Waals surface area contributed by atoms with Crippen LogP contribution in [0, 0.1) is 3.57 Å². The van der Waals surface area contributed by atoms with Gasteiger partial charge in [-0.15, -0.1) is 0 Å². The monoisotopic (exact) mass is 804 g/mol. The highest BCUT2D eigenvalue weighted by molar-refractivity contribution is 14.1. The Labute approximate surface area is 308 Å². The van der Waals surface area contributed by atoms with Gasteiger partial charge in [-0.2, -0.15) is 0 Å². The fourth-order valence-corrected chi connectivity index (χ4v) is 6.69. The summed E-state index contributed by atoms with van der Waals surface area (Å²) < 4.78 is 6.21. The van der Waals surface area contributed by atoms with Crippen LogP contribution in [-0.2, 0) is 0 Å². The van der Waals surface area contributed by atoms with Crippen LogP contribution in [0.25, 0.3) is 0 Å². The number of allylic oxidation sites excluding steroid dienone is 2. The second-order valence-electron chi connectivity index (χ2n) is 11.2. The van der Waals surface area contributed by atoms with Crippen molar-refractivity contribution >= 4 is 68.8 Å². The van der Waals surface area contributed by atoms with Crippen LogP contribution in [0.2, 0.25) is 0 Å². The lowest BCUT2D eigenvalue weighted by molar-refractivity contribution is 0.101. The predicted molar refractivity (Wildman–Crippen MR) is 206 cm³/mol. The Kier molecular flexibility index (Phi) is 11.3. The van der Waals surface area contributed by atoms with E-state index >= 15 is 0 Å². The third-order valence-corrected chi connectivity index (χ3v) is 8.96. The van der Waals surface area contributed by atoms with Crippen molar-refractivity contribution in [1.82, 2.24) is 21.3 Å². The summed E-state index contributed by atoms with van der Waals surface area (Å²) in [5, 5.41) is 32.7. The van der Waals surface area contributed by atoms with Crippen molar-refractivity contribution in [2.45, 2.75) is 25.9 Å². The summed E-state index contributed by atoms with van der Waals surface area (Å²) in [5.41, 5.74) is 5.24. The van der Waals surface area contributed by atoms with E-state index in [4.69, 9.17) is 29.2 Å². The summed E-state index contributed by atoms with van der Waals surface area (Å²) in [6.45, 7) is 3.65. The molecule has 12 heteroatoms. The number of thiocarbonyl (C=S) groups is 2. The highest BCUT2D eigenvalue weighted by Gasteiger charge is 2.32. The molecule has 2 unspecified atom stereocenters. The van der Waals surface area contributed by atoms with Gasteiger partial charge in [0.2, 0.25) is 0 Å². The van der Waals surface area contributed by atoms with E-state index in [0.29, 0.717) is 43.9 Å². The van der Waals surface area contributed by atoms with Gasteiger partial charge in [0.05, 0.1) is 19.2 Å². The number of hydrogen-bond donors (Lipinski definition) is 6. The van der Waals surface area contributed by atoms with Gasteiger partial charge in [0.25, 0.3) is 0 Å². The van der Waals surface area contributed by atoms with Crippen LogP contribution in [0.3, 0.4) is 0 Å². The molecule has 49 heavy (non-hydrogen) atoms. The number of phenolic OH excluding ortho intramolecular Hbond substituents is 2. The molecule has 0 fully saturated rings. The van der Waals surface area contributed by atoms with E-state index in [1.165, 1.54) is 0 Å². The standard InChI is InChI=1S/C19H18N2O3S.C18H15IN2O2S/c1-11-16(18(23)13-6-4-8-15(10-13)24-2)17(21-19(25)20-11)12-5-3-7-14(22)9-12;1-10-15(17(23)12-5-2-6-13(19)8-12)16(21-18(24)20-10)11-4-3-7-14(22)9-11/h3-10,17,22H,1-2H3,(H2,20,21,25);2-9,16,22H,1H3,(H2,20,21,24). The van der Waals surface area contributed by atoms with Crippen molar-refractivity contribution in [2.24, 2.45) is 0 Å². The average molecular weight is 805 g/mol. The molecule has 6 rings (SSSR count). The molecule has 2 heterocycles. The molecule has 0 amide bonds. The highest BCUT2D eigenvalue weighted by atomic mass is 127. The molecular weight excluding hydrogens is 771 g/mol. The third-order valence-electron chi connectivity index (χ3n) is 7.85. The van der Waals surface area contributed by atoms with E-state index in [1.54, 1.807) is 73.8 Å². The Morgan fingerprint density at radius 2 is 1.12 bits per heavy atom. The van der Waals surface area contributed by atoms with E-state index in [0.717, 1.165) is 20.4 Å². The molecule has 0 aromatic heterocycles. The molecular formula is C37H33IN4O5S2. The molecule has 2 aliphatic heterocycles. The quantitative estimate of drug-likeness (QED) is 0.0674. The van der Waals surface area contributed by atoms with Gasteiger partial charge in [-0.05, 0) is 121 Å². The number of halogens is 1. The van der Waals surface area contributed by atoms with Gasteiger partial charge in [0, 0.05) is 37.2 Å². The summed E-state index contributed by atoms with van der Waals surface area (Å²) in [6.07, 6.45) is 0. The lowest BCUT2D eigenvalue weighted by Gasteiger charge is -2.30. The summed E-state index contributed by atoms with van der Waals surface area (Å²) in [7, 11) is 1.56. The number of Topliss-reactive ketones (excluding diaryl/α,β-unsaturated/α-hetero) is 2. The number of methoxy groups -OCH3 is 1. The van der Waals surface area contributed by atoms with E-state index in [2.05, 4.69) is 43.9 Å². The average Bonchev–Trinajstić information content (AvgIpc) is 3.07. The smallest absolute Gasteiger partial charge is 0.193 e. The van der Waals surface area contributed by atoms with Crippen LogP contribution < -0.4 is 26.0 Å². The van der Waals surface area contributed by atoms with Crippen molar-refractivity contribution in [1.29, 1.82) is 0 Å². The van der Waals surface area contributed by atoms with Crippen LogP contribution in [0.4, 0.5) is 0 Å². The van der Waals surface area contributed by atoms with Gasteiger partial charge < -0.3 is 36.2 Å². The lowest BCUT2D eigenvalue weighted by Crippen LogP contribution is -2.44. The normalized spacial score (nSPS) is 17.1. The summed E-state index contributed by atoms with van der Waals surface area (Å²) in [6, 6.07) is 27.3. The van der Waals surface area contributed by atoms with E-state index < -0.39 is 12.1 Å². The van der Waals surface area contributed by atoms with Crippen LogP contribution >= 0.6 is 47.0 Å². The van der Waals surface area contributed by atoms with Crippen LogP contribution in [0.5, 0.6) is 17.2 Å². The Bertz CT molecular complexity index is 2030. The van der Waals surface area contributed by atoms with E-state index in [-0.39, 0.29) is 23.1 Å². The molecule has 6 N–H and O–H groups in total. The van der Waals surface area contributed by atoms with Crippen LogP contribution in [0.15, 0.2) is 120 Å². The number of carbonyl (C=O) groups is 2. The molecule has 9 nitrogen and oxygen atoms in total. The second-order valence-corrected chi connectivity index (χ2v) is 13.3. The van der Waals surface area contributed by atoms with Crippen molar-refractivity contribution < 1.29 is 24.5 Å². The number of phenols is 2. The number of ether oxygens (including phenoxy) is 1. The van der Waals surface area contributed by atoms with Crippen molar-refractivity contribution in [3.05, 3.63) is 145 Å². The first-order valence-corrected chi connectivity index (χ1v) is 17.0. The summed E-state index contributed by atoms with van der Waals surface area (Å²) in [5.74, 6) is 0.700. The molecule has 0 aliphatic carbocycles. The first kappa shape index (κ1) is 35.5.